The maximum absolute atomic E-state index is 11.2. The Morgan fingerprint density at radius 2 is 2.10 bits per heavy atom. The Kier molecular flexibility index (Phi) is 5.63. The second kappa shape index (κ2) is 8.50. The molecule has 0 aliphatic carbocycles. The molecule has 3 aromatic rings. The molecule has 1 amide bonds. The number of fused-ring (bicyclic) bond motifs is 1. The van der Waals surface area contributed by atoms with Gasteiger partial charge in [0.1, 0.15) is 0 Å². The summed E-state index contributed by atoms with van der Waals surface area (Å²) in [5, 5.41) is 20.8. The summed E-state index contributed by atoms with van der Waals surface area (Å²) in [6.07, 6.45) is 0. The van der Waals surface area contributed by atoms with Gasteiger partial charge in [-0.2, -0.15) is 0 Å². The van der Waals surface area contributed by atoms with Crippen molar-refractivity contribution in [2.24, 2.45) is 0 Å². The highest BCUT2D eigenvalue weighted by atomic mass is 16.5. The van der Waals surface area contributed by atoms with E-state index in [9.17, 15) is 9.90 Å². The minimum atomic E-state index is -0.0976. The van der Waals surface area contributed by atoms with Crippen molar-refractivity contribution in [2.45, 2.75) is 20.1 Å². The van der Waals surface area contributed by atoms with Crippen molar-refractivity contribution in [3.8, 4) is 11.4 Å². The van der Waals surface area contributed by atoms with Gasteiger partial charge in [-0.3, -0.25) is 4.79 Å². The number of ether oxygens (including phenoxy) is 1. The van der Waals surface area contributed by atoms with Crippen LogP contribution in [0.25, 0.3) is 22.6 Å². The van der Waals surface area contributed by atoms with Crippen LogP contribution in [0.5, 0.6) is 0 Å². The van der Waals surface area contributed by atoms with Gasteiger partial charge in [-0.05, 0) is 11.6 Å². The van der Waals surface area contributed by atoms with Gasteiger partial charge < -0.3 is 20.1 Å². The predicted octanol–water partition coefficient (Wildman–Crippen LogP) is 0.353. The summed E-state index contributed by atoms with van der Waals surface area (Å²) >= 11 is 0. The monoisotopic (exact) mass is 397 g/mol. The first-order chi connectivity index (χ1) is 14.2. The number of rotatable bonds is 6. The fourth-order valence-corrected chi connectivity index (χ4v) is 3.26. The van der Waals surface area contributed by atoms with E-state index in [-0.39, 0.29) is 12.5 Å². The summed E-state index contributed by atoms with van der Waals surface area (Å²) in [6.45, 7) is 4.97. The molecule has 0 saturated carbocycles. The first kappa shape index (κ1) is 19.2. The molecule has 0 unspecified atom stereocenters. The molecule has 10 nitrogen and oxygen atoms in total. The van der Waals surface area contributed by atoms with E-state index in [2.05, 4.69) is 20.5 Å². The second-order valence-electron chi connectivity index (χ2n) is 6.80. The van der Waals surface area contributed by atoms with Crippen molar-refractivity contribution < 1.29 is 14.6 Å². The Morgan fingerprint density at radius 3 is 2.86 bits per heavy atom. The Labute approximate surface area is 167 Å². The summed E-state index contributed by atoms with van der Waals surface area (Å²) < 4.78 is 7.14. The molecule has 2 aromatic heterocycles. The molecule has 2 N–H and O–H groups in total. The number of hydrogen-bond donors (Lipinski definition) is 2. The Morgan fingerprint density at radius 1 is 1.28 bits per heavy atom. The van der Waals surface area contributed by atoms with Crippen LogP contribution < -0.4 is 10.2 Å². The highest BCUT2D eigenvalue weighted by molar-refractivity contribution is 5.85. The van der Waals surface area contributed by atoms with E-state index < -0.39 is 0 Å². The van der Waals surface area contributed by atoms with Gasteiger partial charge in [0.25, 0.3) is 0 Å². The number of carbonyl (C=O) groups excluding carboxylic acids is 1. The SMILES string of the molecule is CC(=O)NCCn1nnc2c(N3CCOCC3)nc(-c3cccc(CO)c3)nc21. The zero-order chi connectivity index (χ0) is 20.2. The first-order valence-electron chi connectivity index (χ1n) is 9.54. The van der Waals surface area contributed by atoms with Gasteiger partial charge in [-0.25, -0.2) is 14.6 Å². The standard InChI is InChI=1S/C19H23N7O3/c1-13(28)20-5-6-26-19-16(23-24-26)18(25-7-9-29-10-8-25)21-17(22-19)15-4-2-3-14(11-15)12-27/h2-4,11,27H,5-10,12H2,1H3,(H,20,28). The van der Waals surface area contributed by atoms with Crippen LogP contribution in [0.1, 0.15) is 12.5 Å². The summed E-state index contributed by atoms with van der Waals surface area (Å²) in [5.41, 5.74) is 2.83. The number of nitrogens with zero attached hydrogens (tertiary/aromatic N) is 6. The smallest absolute Gasteiger partial charge is 0.216 e. The normalized spacial score (nSPS) is 14.3. The Balaban J connectivity index is 1.78. The van der Waals surface area contributed by atoms with Crippen LogP contribution in [-0.2, 0) is 22.7 Å². The molecule has 1 fully saturated rings. The van der Waals surface area contributed by atoms with Crippen LogP contribution in [0, 0.1) is 0 Å². The number of hydrogen-bond acceptors (Lipinski definition) is 8. The molecule has 152 valence electrons. The number of aliphatic hydroxyl groups is 1. The van der Waals surface area contributed by atoms with E-state index in [1.807, 2.05) is 24.3 Å². The second-order valence-corrected chi connectivity index (χ2v) is 6.80. The number of amides is 1. The zero-order valence-corrected chi connectivity index (χ0v) is 16.2. The van der Waals surface area contributed by atoms with Crippen molar-refractivity contribution in [3.05, 3.63) is 29.8 Å². The van der Waals surface area contributed by atoms with Crippen molar-refractivity contribution >= 4 is 22.9 Å². The molecule has 29 heavy (non-hydrogen) atoms. The zero-order valence-electron chi connectivity index (χ0n) is 16.2. The molecular formula is C19H23N7O3. The molecule has 1 saturated heterocycles. The molecule has 0 bridgehead atoms. The van der Waals surface area contributed by atoms with Crippen molar-refractivity contribution in [1.82, 2.24) is 30.3 Å². The van der Waals surface area contributed by atoms with Gasteiger partial charge in [0.2, 0.25) is 5.91 Å². The van der Waals surface area contributed by atoms with Crippen LogP contribution in [0.3, 0.4) is 0 Å². The van der Waals surface area contributed by atoms with Crippen LogP contribution in [0.2, 0.25) is 0 Å². The van der Waals surface area contributed by atoms with Gasteiger partial charge in [0, 0.05) is 32.1 Å². The van der Waals surface area contributed by atoms with E-state index in [1.165, 1.54) is 6.92 Å². The largest absolute Gasteiger partial charge is 0.392 e. The minimum absolute atomic E-state index is 0.0530. The van der Waals surface area contributed by atoms with Gasteiger partial charge in [-0.1, -0.05) is 23.4 Å². The molecule has 4 rings (SSSR count). The predicted molar refractivity (Wildman–Crippen MR) is 106 cm³/mol. The molecule has 10 heteroatoms. The summed E-state index contributed by atoms with van der Waals surface area (Å²) in [7, 11) is 0. The molecule has 1 aliphatic rings. The lowest BCUT2D eigenvalue weighted by molar-refractivity contribution is -0.118. The topological polar surface area (TPSA) is 118 Å². The number of benzene rings is 1. The molecule has 1 aromatic carbocycles. The highest BCUT2D eigenvalue weighted by Crippen LogP contribution is 2.27. The van der Waals surface area contributed by atoms with Gasteiger partial charge in [0.05, 0.1) is 26.4 Å². The fourth-order valence-electron chi connectivity index (χ4n) is 3.26. The van der Waals surface area contributed by atoms with E-state index in [0.29, 0.717) is 62.2 Å². The summed E-state index contributed by atoms with van der Waals surface area (Å²) in [5.74, 6) is 1.16. The summed E-state index contributed by atoms with van der Waals surface area (Å²) in [6, 6.07) is 7.50. The molecule has 1 aliphatic heterocycles. The molecular weight excluding hydrogens is 374 g/mol. The quantitative estimate of drug-likeness (QED) is 0.612. The van der Waals surface area contributed by atoms with Gasteiger partial charge in [-0.15, -0.1) is 5.10 Å². The van der Waals surface area contributed by atoms with Gasteiger partial charge in [0.15, 0.2) is 22.8 Å². The maximum atomic E-state index is 11.2. The average Bonchev–Trinajstić information content (AvgIpc) is 3.16. The van der Waals surface area contributed by atoms with E-state index >= 15 is 0 Å². The van der Waals surface area contributed by atoms with Crippen LogP contribution in [0.15, 0.2) is 24.3 Å². The Hall–Kier alpha value is -3.11. The van der Waals surface area contributed by atoms with Crippen molar-refractivity contribution in [3.63, 3.8) is 0 Å². The number of aromatic nitrogens is 5. The maximum Gasteiger partial charge on any atom is 0.216 e. The highest BCUT2D eigenvalue weighted by Gasteiger charge is 2.22. The third-order valence-electron chi connectivity index (χ3n) is 4.72. The number of morpholine rings is 1. The molecule has 3 heterocycles. The van der Waals surface area contributed by atoms with Crippen molar-refractivity contribution in [1.29, 1.82) is 0 Å². The number of nitrogens with one attached hydrogen (secondary N) is 1. The van der Waals surface area contributed by atoms with Crippen LogP contribution in [0.4, 0.5) is 5.82 Å². The summed E-state index contributed by atoms with van der Waals surface area (Å²) in [4.78, 5) is 22.8. The minimum Gasteiger partial charge on any atom is -0.392 e. The number of aliphatic hydroxyl groups excluding tert-OH is 1. The third kappa shape index (κ3) is 4.17. The van der Waals surface area contributed by atoms with E-state index in [0.717, 1.165) is 11.1 Å². The van der Waals surface area contributed by atoms with Gasteiger partial charge >= 0.3 is 0 Å². The first-order valence-corrected chi connectivity index (χ1v) is 9.54. The molecule has 0 radical (unpaired) electrons. The number of anilines is 1. The van der Waals surface area contributed by atoms with E-state index in [4.69, 9.17) is 14.7 Å². The average molecular weight is 397 g/mol. The third-order valence-corrected chi connectivity index (χ3v) is 4.72. The Bertz CT molecular complexity index is 1010. The van der Waals surface area contributed by atoms with Crippen LogP contribution >= 0.6 is 0 Å². The molecule has 0 atom stereocenters. The number of carbonyl (C=O) groups is 1. The lowest BCUT2D eigenvalue weighted by atomic mass is 10.1. The lowest BCUT2D eigenvalue weighted by Crippen LogP contribution is -2.37. The fraction of sp³-hybridized carbons (Fsp3) is 0.421. The van der Waals surface area contributed by atoms with Crippen LogP contribution in [-0.4, -0.2) is 68.8 Å². The lowest BCUT2D eigenvalue weighted by Gasteiger charge is -2.28. The molecule has 0 spiro atoms. The van der Waals surface area contributed by atoms with E-state index in [1.54, 1.807) is 4.68 Å². The van der Waals surface area contributed by atoms with Crippen molar-refractivity contribution in [2.75, 3.05) is 37.7 Å².